The van der Waals surface area contributed by atoms with Crippen LogP contribution in [0.4, 0.5) is 17.6 Å². The van der Waals surface area contributed by atoms with E-state index in [0.717, 1.165) is 7.05 Å². The molecule has 0 aliphatic rings. The van der Waals surface area contributed by atoms with E-state index in [1.807, 2.05) is 6.92 Å². The van der Waals surface area contributed by atoms with Crippen molar-refractivity contribution in [3.63, 3.8) is 0 Å². The molecule has 0 aromatic heterocycles. The van der Waals surface area contributed by atoms with E-state index in [1.54, 1.807) is 13.0 Å². The number of amides is 1. The number of halogens is 5. The van der Waals surface area contributed by atoms with Crippen molar-refractivity contribution >= 4 is 35.8 Å². The lowest BCUT2D eigenvalue weighted by atomic mass is 10.3. The smallest absolute Gasteiger partial charge is 0.406 e. The Labute approximate surface area is 178 Å². The first-order chi connectivity index (χ1) is 12.6. The average molecular weight is 520 g/mol. The molecule has 28 heavy (non-hydrogen) atoms. The molecule has 0 spiro atoms. The Balaban J connectivity index is 0.00000729. The summed E-state index contributed by atoms with van der Waals surface area (Å²) >= 11 is 0. The van der Waals surface area contributed by atoms with Gasteiger partial charge in [-0.1, -0.05) is 6.07 Å². The molecule has 0 saturated carbocycles. The summed E-state index contributed by atoms with van der Waals surface area (Å²) in [6, 6.07) is 5.71. The molecule has 0 fully saturated rings. The summed E-state index contributed by atoms with van der Waals surface area (Å²) in [5.41, 5.74) is 0. The van der Waals surface area contributed by atoms with Gasteiger partial charge in [-0.2, -0.15) is 13.2 Å². The number of hydrogen-bond acceptors (Lipinski definition) is 3. The third kappa shape index (κ3) is 11.1. The molecule has 0 aliphatic heterocycles. The molecule has 1 rings (SSSR count). The number of ether oxygens (including phenoxy) is 1. The van der Waals surface area contributed by atoms with Crippen LogP contribution in [0.1, 0.15) is 13.8 Å². The van der Waals surface area contributed by atoms with Crippen molar-refractivity contribution in [2.75, 3.05) is 33.2 Å². The monoisotopic (exact) mass is 520 g/mol. The standard InChI is InChI=1S/C17H24F4N4O2.HI/c1-4-22-16(24-10-15(26)25(3)11-17(19,20)21)23-9-12(2)27-14-7-5-6-13(18)8-14;/h5-8,12H,4,9-11H2,1-3H3,(H2,22,23,24);1H. The van der Waals surface area contributed by atoms with Crippen LogP contribution in [0.3, 0.4) is 0 Å². The van der Waals surface area contributed by atoms with Crippen LogP contribution in [0, 0.1) is 5.82 Å². The van der Waals surface area contributed by atoms with Crippen LogP contribution in [0.25, 0.3) is 0 Å². The average Bonchev–Trinajstić information content (AvgIpc) is 2.55. The fourth-order valence-corrected chi connectivity index (χ4v) is 2.02. The van der Waals surface area contributed by atoms with Gasteiger partial charge in [0.1, 0.15) is 30.8 Å². The minimum atomic E-state index is -4.46. The molecular formula is C17H25F4IN4O2. The number of rotatable bonds is 8. The molecule has 1 aromatic carbocycles. The zero-order valence-corrected chi connectivity index (χ0v) is 18.2. The van der Waals surface area contributed by atoms with Crippen molar-refractivity contribution in [1.29, 1.82) is 0 Å². The van der Waals surface area contributed by atoms with E-state index in [0.29, 0.717) is 17.2 Å². The van der Waals surface area contributed by atoms with E-state index >= 15 is 0 Å². The van der Waals surface area contributed by atoms with E-state index in [1.165, 1.54) is 18.2 Å². The quantitative estimate of drug-likeness (QED) is 0.240. The molecule has 1 atom stereocenters. The predicted molar refractivity (Wildman–Crippen MR) is 110 cm³/mol. The van der Waals surface area contributed by atoms with Gasteiger partial charge in [0.05, 0.1) is 6.54 Å². The lowest BCUT2D eigenvalue weighted by molar-refractivity contribution is -0.157. The highest BCUT2D eigenvalue weighted by Crippen LogP contribution is 2.15. The Morgan fingerprint density at radius 3 is 2.57 bits per heavy atom. The molecule has 1 amide bonds. The molecule has 0 heterocycles. The van der Waals surface area contributed by atoms with Crippen LogP contribution in [0.2, 0.25) is 0 Å². The summed E-state index contributed by atoms with van der Waals surface area (Å²) in [6.07, 6.45) is -4.81. The zero-order chi connectivity index (χ0) is 20.4. The Hall–Kier alpha value is -1.79. The van der Waals surface area contributed by atoms with Gasteiger partial charge in [0.15, 0.2) is 5.96 Å². The van der Waals surface area contributed by atoms with Crippen LogP contribution < -0.4 is 15.4 Å². The third-order valence-electron chi connectivity index (χ3n) is 3.25. The highest BCUT2D eigenvalue weighted by molar-refractivity contribution is 14.0. The summed E-state index contributed by atoms with van der Waals surface area (Å²) in [7, 11) is 1.07. The molecule has 160 valence electrons. The Morgan fingerprint density at radius 2 is 2.00 bits per heavy atom. The number of nitrogens with zero attached hydrogens (tertiary/aromatic N) is 2. The molecule has 0 bridgehead atoms. The normalized spacial score (nSPS) is 12.6. The first kappa shape index (κ1) is 26.2. The second kappa shape index (κ2) is 12.6. The molecule has 1 aromatic rings. The number of benzene rings is 1. The second-order valence-electron chi connectivity index (χ2n) is 5.83. The third-order valence-corrected chi connectivity index (χ3v) is 3.25. The van der Waals surface area contributed by atoms with Gasteiger partial charge in [-0.25, -0.2) is 9.38 Å². The van der Waals surface area contributed by atoms with Crippen LogP contribution in [-0.2, 0) is 4.79 Å². The summed E-state index contributed by atoms with van der Waals surface area (Å²) in [5.74, 6) is -0.534. The maximum Gasteiger partial charge on any atom is 0.406 e. The van der Waals surface area contributed by atoms with E-state index in [4.69, 9.17) is 4.74 Å². The van der Waals surface area contributed by atoms with Crippen molar-refractivity contribution in [1.82, 2.24) is 15.5 Å². The maximum absolute atomic E-state index is 13.1. The molecule has 2 N–H and O–H groups in total. The van der Waals surface area contributed by atoms with Gasteiger partial charge in [0.2, 0.25) is 5.91 Å². The molecule has 0 saturated heterocycles. The van der Waals surface area contributed by atoms with Gasteiger partial charge < -0.3 is 20.3 Å². The number of carbonyl (C=O) groups excluding carboxylic acids is 1. The lowest BCUT2D eigenvalue weighted by Gasteiger charge is -2.19. The SMILES string of the molecule is CCNC(=NCC(=O)N(C)CC(F)(F)F)NCC(C)Oc1cccc(F)c1.I. The number of hydrogen-bond donors (Lipinski definition) is 2. The van der Waals surface area contributed by atoms with Crippen LogP contribution >= 0.6 is 24.0 Å². The van der Waals surface area contributed by atoms with Gasteiger partial charge in [-0.3, -0.25) is 4.79 Å². The molecule has 11 heteroatoms. The first-order valence-electron chi connectivity index (χ1n) is 8.36. The summed E-state index contributed by atoms with van der Waals surface area (Å²) < 4.78 is 55.6. The van der Waals surface area contributed by atoms with Gasteiger partial charge >= 0.3 is 6.18 Å². The molecular weight excluding hydrogens is 495 g/mol. The van der Waals surface area contributed by atoms with E-state index in [2.05, 4.69) is 15.6 Å². The first-order valence-corrected chi connectivity index (χ1v) is 8.36. The fraction of sp³-hybridized carbons (Fsp3) is 0.529. The predicted octanol–water partition coefficient (Wildman–Crippen LogP) is 2.79. The van der Waals surface area contributed by atoms with Crippen molar-refractivity contribution in [3.8, 4) is 5.75 Å². The number of nitrogens with one attached hydrogen (secondary N) is 2. The van der Waals surface area contributed by atoms with Crippen molar-refractivity contribution in [2.24, 2.45) is 4.99 Å². The van der Waals surface area contributed by atoms with Gasteiger partial charge in [0.25, 0.3) is 0 Å². The second-order valence-corrected chi connectivity index (χ2v) is 5.83. The highest BCUT2D eigenvalue weighted by Gasteiger charge is 2.31. The molecule has 6 nitrogen and oxygen atoms in total. The molecule has 0 radical (unpaired) electrons. The van der Waals surface area contributed by atoms with E-state index in [9.17, 15) is 22.4 Å². The minimum Gasteiger partial charge on any atom is -0.489 e. The van der Waals surface area contributed by atoms with Crippen molar-refractivity contribution < 1.29 is 27.1 Å². The van der Waals surface area contributed by atoms with Crippen LogP contribution in [-0.4, -0.2) is 62.3 Å². The molecule has 1 unspecified atom stereocenters. The summed E-state index contributed by atoms with van der Waals surface area (Å²) in [4.78, 5) is 16.3. The number of likely N-dealkylation sites (N-methyl/N-ethyl adjacent to an activating group) is 1. The lowest BCUT2D eigenvalue weighted by Crippen LogP contribution is -2.43. The largest absolute Gasteiger partial charge is 0.489 e. The highest BCUT2D eigenvalue weighted by atomic mass is 127. The van der Waals surface area contributed by atoms with E-state index < -0.39 is 31.0 Å². The summed E-state index contributed by atoms with van der Waals surface area (Å²) in [6.45, 7) is 2.59. The van der Waals surface area contributed by atoms with Crippen molar-refractivity contribution in [2.45, 2.75) is 26.1 Å². The number of carbonyl (C=O) groups is 1. The maximum atomic E-state index is 13.1. The number of aliphatic imine (C=N–C) groups is 1. The topological polar surface area (TPSA) is 66.0 Å². The molecule has 0 aliphatic carbocycles. The Kier molecular flexibility index (Phi) is 11.8. The fourth-order valence-electron chi connectivity index (χ4n) is 2.02. The Bertz CT molecular complexity index is 644. The van der Waals surface area contributed by atoms with E-state index in [-0.39, 0.29) is 42.6 Å². The minimum absolute atomic E-state index is 0. The van der Waals surface area contributed by atoms with Crippen LogP contribution in [0.5, 0.6) is 5.75 Å². The zero-order valence-electron chi connectivity index (χ0n) is 15.8. The Morgan fingerprint density at radius 1 is 1.32 bits per heavy atom. The van der Waals surface area contributed by atoms with Gasteiger partial charge in [0, 0.05) is 19.7 Å². The van der Waals surface area contributed by atoms with Crippen molar-refractivity contribution in [3.05, 3.63) is 30.1 Å². The van der Waals surface area contributed by atoms with Gasteiger partial charge in [-0.05, 0) is 26.0 Å². The number of guanidine groups is 1. The van der Waals surface area contributed by atoms with Gasteiger partial charge in [-0.15, -0.1) is 24.0 Å². The summed E-state index contributed by atoms with van der Waals surface area (Å²) in [5, 5.41) is 5.81. The number of alkyl halides is 3. The van der Waals surface area contributed by atoms with Crippen LogP contribution in [0.15, 0.2) is 29.3 Å².